The second-order valence-electron chi connectivity index (χ2n) is 8.33. The van der Waals surface area contributed by atoms with Crippen molar-refractivity contribution in [1.29, 1.82) is 0 Å². The van der Waals surface area contributed by atoms with Gasteiger partial charge in [-0.05, 0) is 67.0 Å². The molecule has 2 fully saturated rings. The number of hydrogen-bond acceptors (Lipinski definition) is 3. The van der Waals surface area contributed by atoms with Gasteiger partial charge < -0.3 is 5.32 Å². The molecule has 0 aliphatic carbocycles. The van der Waals surface area contributed by atoms with E-state index in [0.717, 1.165) is 6.54 Å². The Labute approximate surface area is 126 Å². The molecule has 0 amide bonds. The molecular formula is C17H35N3. The molecule has 20 heavy (non-hydrogen) atoms. The summed E-state index contributed by atoms with van der Waals surface area (Å²) < 4.78 is 0. The first kappa shape index (κ1) is 16.3. The van der Waals surface area contributed by atoms with Crippen LogP contribution in [0.15, 0.2) is 0 Å². The van der Waals surface area contributed by atoms with Gasteiger partial charge in [0.25, 0.3) is 0 Å². The average Bonchev–Trinajstić information content (AvgIpc) is 2.38. The molecule has 1 N–H and O–H groups in total. The van der Waals surface area contributed by atoms with E-state index in [2.05, 4.69) is 49.7 Å². The zero-order valence-electron chi connectivity index (χ0n) is 14.3. The first-order chi connectivity index (χ1) is 9.29. The summed E-state index contributed by atoms with van der Waals surface area (Å²) >= 11 is 0. The Morgan fingerprint density at radius 2 is 1.55 bits per heavy atom. The summed E-state index contributed by atoms with van der Waals surface area (Å²) in [6.45, 7) is 18.0. The topological polar surface area (TPSA) is 18.5 Å². The summed E-state index contributed by atoms with van der Waals surface area (Å²) in [4.78, 5) is 5.36. The van der Waals surface area contributed by atoms with E-state index < -0.39 is 0 Å². The summed E-state index contributed by atoms with van der Waals surface area (Å²) in [6.07, 6.45) is 5.46. The maximum Gasteiger partial charge on any atom is 0.0213 e. The van der Waals surface area contributed by atoms with Crippen LogP contribution >= 0.6 is 0 Å². The molecule has 0 aromatic heterocycles. The molecule has 1 unspecified atom stereocenters. The van der Waals surface area contributed by atoms with Crippen molar-refractivity contribution in [3.8, 4) is 0 Å². The van der Waals surface area contributed by atoms with Crippen LogP contribution in [0.4, 0.5) is 0 Å². The van der Waals surface area contributed by atoms with Gasteiger partial charge in [0.1, 0.15) is 0 Å². The molecule has 118 valence electrons. The van der Waals surface area contributed by atoms with Gasteiger partial charge in [0.15, 0.2) is 0 Å². The molecule has 1 atom stereocenters. The maximum absolute atomic E-state index is 3.75. The predicted molar refractivity (Wildman–Crippen MR) is 87.2 cm³/mol. The first-order valence-corrected chi connectivity index (χ1v) is 8.52. The highest BCUT2D eigenvalue weighted by molar-refractivity contribution is 4.93. The number of rotatable bonds is 3. The largest absolute Gasteiger partial charge is 0.311 e. The summed E-state index contributed by atoms with van der Waals surface area (Å²) in [5.74, 6) is 0. The van der Waals surface area contributed by atoms with Crippen LogP contribution in [0.1, 0.15) is 60.3 Å². The molecule has 0 spiro atoms. The van der Waals surface area contributed by atoms with E-state index >= 15 is 0 Å². The SMILES string of the molecule is CC(C)(C)N1CCNC(CC(C)(C)N2CCCCC2)C1. The molecule has 3 nitrogen and oxygen atoms in total. The smallest absolute Gasteiger partial charge is 0.0213 e. The predicted octanol–water partition coefficient (Wildman–Crippen LogP) is 2.71. The van der Waals surface area contributed by atoms with E-state index in [1.54, 1.807) is 0 Å². The third-order valence-corrected chi connectivity index (χ3v) is 5.16. The fourth-order valence-electron chi connectivity index (χ4n) is 3.80. The third-order valence-electron chi connectivity index (χ3n) is 5.16. The molecule has 3 heteroatoms. The number of piperidine rings is 1. The van der Waals surface area contributed by atoms with Crippen LogP contribution in [0.2, 0.25) is 0 Å². The van der Waals surface area contributed by atoms with Crippen molar-refractivity contribution >= 4 is 0 Å². The lowest BCUT2D eigenvalue weighted by Crippen LogP contribution is -2.59. The third kappa shape index (κ3) is 4.19. The monoisotopic (exact) mass is 281 g/mol. The zero-order chi connectivity index (χ0) is 14.8. The lowest BCUT2D eigenvalue weighted by atomic mass is 9.89. The van der Waals surface area contributed by atoms with Crippen molar-refractivity contribution in [2.24, 2.45) is 0 Å². The van der Waals surface area contributed by atoms with E-state index in [1.807, 2.05) is 0 Å². The van der Waals surface area contributed by atoms with E-state index in [4.69, 9.17) is 0 Å². The van der Waals surface area contributed by atoms with E-state index in [9.17, 15) is 0 Å². The van der Waals surface area contributed by atoms with Crippen molar-refractivity contribution in [2.75, 3.05) is 32.7 Å². The van der Waals surface area contributed by atoms with E-state index in [1.165, 1.54) is 51.9 Å². The van der Waals surface area contributed by atoms with Crippen molar-refractivity contribution in [3.05, 3.63) is 0 Å². The quantitative estimate of drug-likeness (QED) is 0.858. The maximum atomic E-state index is 3.75. The molecule has 0 aromatic carbocycles. The molecule has 0 radical (unpaired) electrons. The van der Waals surface area contributed by atoms with Gasteiger partial charge in [-0.25, -0.2) is 0 Å². The van der Waals surface area contributed by atoms with Gasteiger partial charge in [-0.2, -0.15) is 0 Å². The summed E-state index contributed by atoms with van der Waals surface area (Å²) in [7, 11) is 0. The summed E-state index contributed by atoms with van der Waals surface area (Å²) in [5, 5.41) is 3.75. The Balaban J connectivity index is 1.91. The summed E-state index contributed by atoms with van der Waals surface area (Å²) in [6, 6.07) is 0.639. The standard InChI is InChI=1S/C17H35N3/c1-16(2,3)20-12-9-18-15(14-20)13-17(4,5)19-10-7-6-8-11-19/h15,18H,6-14H2,1-5H3. The van der Waals surface area contributed by atoms with Gasteiger partial charge in [0.2, 0.25) is 0 Å². The first-order valence-electron chi connectivity index (χ1n) is 8.52. The minimum atomic E-state index is 0.301. The van der Waals surface area contributed by atoms with Crippen LogP contribution in [0.25, 0.3) is 0 Å². The van der Waals surface area contributed by atoms with Crippen LogP contribution in [0.3, 0.4) is 0 Å². The number of nitrogens with one attached hydrogen (secondary N) is 1. The van der Waals surface area contributed by atoms with Crippen molar-refractivity contribution in [3.63, 3.8) is 0 Å². The van der Waals surface area contributed by atoms with Crippen LogP contribution < -0.4 is 5.32 Å². The Morgan fingerprint density at radius 1 is 0.900 bits per heavy atom. The lowest BCUT2D eigenvalue weighted by Gasteiger charge is -2.47. The van der Waals surface area contributed by atoms with Crippen LogP contribution in [-0.2, 0) is 0 Å². The molecule has 0 aromatic rings. The highest BCUT2D eigenvalue weighted by atomic mass is 15.3. The average molecular weight is 281 g/mol. The molecule has 0 saturated carbocycles. The van der Waals surface area contributed by atoms with E-state index in [0.29, 0.717) is 17.1 Å². The Bertz CT molecular complexity index is 300. The second-order valence-corrected chi connectivity index (χ2v) is 8.33. The van der Waals surface area contributed by atoms with Crippen molar-refractivity contribution in [2.45, 2.75) is 77.4 Å². The molecule has 2 aliphatic rings. The van der Waals surface area contributed by atoms with Gasteiger partial charge in [-0.15, -0.1) is 0 Å². The van der Waals surface area contributed by atoms with Gasteiger partial charge in [0, 0.05) is 36.8 Å². The van der Waals surface area contributed by atoms with Gasteiger partial charge in [-0.3, -0.25) is 9.80 Å². The molecular weight excluding hydrogens is 246 g/mol. The number of likely N-dealkylation sites (tertiary alicyclic amines) is 1. The Hall–Kier alpha value is -0.120. The highest BCUT2D eigenvalue weighted by Gasteiger charge is 2.34. The van der Waals surface area contributed by atoms with Gasteiger partial charge in [-0.1, -0.05) is 6.42 Å². The molecule has 2 aliphatic heterocycles. The summed E-state index contributed by atoms with van der Waals surface area (Å²) in [5.41, 5.74) is 0.634. The van der Waals surface area contributed by atoms with Crippen molar-refractivity contribution < 1.29 is 0 Å². The highest BCUT2D eigenvalue weighted by Crippen LogP contribution is 2.26. The van der Waals surface area contributed by atoms with Gasteiger partial charge >= 0.3 is 0 Å². The lowest BCUT2D eigenvalue weighted by molar-refractivity contribution is 0.0471. The molecule has 2 heterocycles. The minimum Gasteiger partial charge on any atom is -0.311 e. The number of hydrogen-bond donors (Lipinski definition) is 1. The normalized spacial score (nSPS) is 27.8. The molecule has 2 rings (SSSR count). The fraction of sp³-hybridized carbons (Fsp3) is 1.00. The molecule has 0 bridgehead atoms. The number of nitrogens with zero attached hydrogens (tertiary/aromatic N) is 2. The number of piperazine rings is 1. The molecule has 2 saturated heterocycles. The Kier molecular flexibility index (Phi) is 5.14. The van der Waals surface area contributed by atoms with Crippen LogP contribution in [-0.4, -0.2) is 59.6 Å². The van der Waals surface area contributed by atoms with Crippen molar-refractivity contribution in [1.82, 2.24) is 15.1 Å². The van der Waals surface area contributed by atoms with Crippen LogP contribution in [0, 0.1) is 0 Å². The zero-order valence-corrected chi connectivity index (χ0v) is 14.3. The Morgan fingerprint density at radius 3 is 2.15 bits per heavy atom. The van der Waals surface area contributed by atoms with Gasteiger partial charge in [0.05, 0.1) is 0 Å². The minimum absolute atomic E-state index is 0.301. The fourth-order valence-corrected chi connectivity index (χ4v) is 3.80. The van der Waals surface area contributed by atoms with Crippen LogP contribution in [0.5, 0.6) is 0 Å². The van der Waals surface area contributed by atoms with E-state index in [-0.39, 0.29) is 0 Å². The second kappa shape index (κ2) is 6.33.